The number of carbonyl (C=O) groups is 3. The molecule has 2 aromatic rings. The van der Waals surface area contributed by atoms with Gasteiger partial charge in [-0.25, -0.2) is 4.79 Å². The van der Waals surface area contributed by atoms with Crippen LogP contribution in [-0.2, 0) is 14.3 Å². The Labute approximate surface area is 207 Å². The summed E-state index contributed by atoms with van der Waals surface area (Å²) < 4.78 is 5.61. The Balaban J connectivity index is 1.64. The van der Waals surface area contributed by atoms with E-state index in [1.165, 1.54) is 0 Å². The highest BCUT2D eigenvalue weighted by atomic mass is 16.5. The number of unbranched alkanes of at least 4 members (excludes halogenated alkanes) is 1. The summed E-state index contributed by atoms with van der Waals surface area (Å²) in [6, 6.07) is 14.9. The van der Waals surface area contributed by atoms with Gasteiger partial charge in [0.25, 0.3) is 0 Å². The molecule has 0 heterocycles. The number of carboxylic acids is 1. The van der Waals surface area contributed by atoms with Crippen molar-refractivity contribution in [3.63, 3.8) is 0 Å². The minimum Gasteiger partial charge on any atom is -0.481 e. The predicted octanol–water partition coefficient (Wildman–Crippen LogP) is 5.09. The van der Waals surface area contributed by atoms with Crippen LogP contribution in [0.5, 0.6) is 0 Å². The summed E-state index contributed by atoms with van der Waals surface area (Å²) in [5.74, 6) is -1.27. The zero-order valence-corrected chi connectivity index (χ0v) is 20.8. The first-order valence-electron chi connectivity index (χ1n) is 12.4. The number of benzene rings is 2. The largest absolute Gasteiger partial charge is 0.481 e. The molecule has 0 bridgehead atoms. The third-order valence-corrected chi connectivity index (χ3v) is 6.33. The first kappa shape index (κ1) is 26.3. The van der Waals surface area contributed by atoms with Crippen LogP contribution in [-0.4, -0.2) is 41.8 Å². The molecule has 0 spiro atoms. The highest BCUT2D eigenvalue weighted by molar-refractivity contribution is 5.86. The van der Waals surface area contributed by atoms with Crippen molar-refractivity contribution in [1.29, 1.82) is 0 Å². The number of fused-ring (bicyclic) bond motifs is 3. The van der Waals surface area contributed by atoms with E-state index in [1.54, 1.807) is 0 Å². The van der Waals surface area contributed by atoms with Gasteiger partial charge < -0.3 is 20.5 Å². The maximum absolute atomic E-state index is 13.0. The van der Waals surface area contributed by atoms with Gasteiger partial charge >= 0.3 is 12.1 Å². The van der Waals surface area contributed by atoms with Crippen molar-refractivity contribution in [3.8, 4) is 11.1 Å². The minimum atomic E-state index is -0.962. The number of rotatable bonds is 12. The second-order valence-electron chi connectivity index (χ2n) is 9.60. The lowest BCUT2D eigenvalue weighted by Crippen LogP contribution is -2.50. The minimum absolute atomic E-state index is 0.0699. The molecular weight excluding hydrogens is 444 g/mol. The molecule has 0 saturated carbocycles. The van der Waals surface area contributed by atoms with E-state index in [0.29, 0.717) is 12.8 Å². The average molecular weight is 481 g/mol. The van der Waals surface area contributed by atoms with Crippen LogP contribution < -0.4 is 10.6 Å². The molecule has 1 aliphatic rings. The lowest BCUT2D eigenvalue weighted by molar-refractivity contribution is -0.137. The van der Waals surface area contributed by atoms with E-state index in [1.807, 2.05) is 45.0 Å². The van der Waals surface area contributed by atoms with E-state index < -0.39 is 24.1 Å². The van der Waals surface area contributed by atoms with Crippen molar-refractivity contribution in [1.82, 2.24) is 10.6 Å². The number of nitrogens with one attached hydrogen (secondary N) is 2. The number of hydrogen-bond acceptors (Lipinski definition) is 4. The Bertz CT molecular complexity index is 990. The summed E-state index contributed by atoms with van der Waals surface area (Å²) in [5.41, 5.74) is 4.52. The standard InChI is InChI=1S/C28H36N2O5/c1-4-5-10-19(16-26(31)32)29-27(33)25(15-18(2)3)30-28(34)35-17-24-22-13-8-6-11-20(22)21-12-7-9-14-23(21)24/h6-9,11-14,18-19,24-25H,4-5,10,15-17H2,1-3H3,(H,29,33)(H,30,34)(H,31,32)/t19-,25-/m0/s1. The van der Waals surface area contributed by atoms with E-state index in [0.717, 1.165) is 35.1 Å². The molecule has 7 heteroatoms. The normalized spacial score (nSPS) is 14.1. The number of ether oxygens (including phenoxy) is 1. The van der Waals surface area contributed by atoms with Gasteiger partial charge in [-0.05, 0) is 41.0 Å². The summed E-state index contributed by atoms with van der Waals surface area (Å²) in [4.78, 5) is 37.0. The second-order valence-corrected chi connectivity index (χ2v) is 9.60. The molecule has 0 aromatic heterocycles. The number of alkyl carbamates (subject to hydrolysis) is 1. The molecule has 0 aliphatic heterocycles. The van der Waals surface area contributed by atoms with Gasteiger partial charge in [-0.3, -0.25) is 9.59 Å². The lowest BCUT2D eigenvalue weighted by Gasteiger charge is -2.24. The number of aliphatic carboxylic acids is 1. The van der Waals surface area contributed by atoms with Gasteiger partial charge in [-0.1, -0.05) is 82.1 Å². The monoisotopic (exact) mass is 480 g/mol. The summed E-state index contributed by atoms with van der Waals surface area (Å²) >= 11 is 0. The van der Waals surface area contributed by atoms with Crippen LogP contribution in [0, 0.1) is 5.92 Å². The molecule has 0 radical (unpaired) electrons. The summed E-state index contributed by atoms with van der Waals surface area (Å²) in [6.07, 6.45) is 1.91. The number of carbonyl (C=O) groups excluding carboxylic acids is 2. The molecule has 1 aliphatic carbocycles. The fourth-order valence-corrected chi connectivity index (χ4v) is 4.67. The Morgan fingerprint density at radius 1 is 0.971 bits per heavy atom. The quantitative estimate of drug-likeness (QED) is 0.392. The van der Waals surface area contributed by atoms with E-state index in [2.05, 4.69) is 34.9 Å². The van der Waals surface area contributed by atoms with Crippen LogP contribution in [0.4, 0.5) is 4.79 Å². The third kappa shape index (κ3) is 7.07. The fraction of sp³-hybridized carbons (Fsp3) is 0.464. The molecule has 2 amide bonds. The summed E-state index contributed by atoms with van der Waals surface area (Å²) in [5, 5.41) is 14.7. The highest BCUT2D eigenvalue weighted by Gasteiger charge is 2.30. The molecule has 35 heavy (non-hydrogen) atoms. The van der Waals surface area contributed by atoms with Gasteiger partial charge in [0.1, 0.15) is 12.6 Å². The number of amides is 2. The first-order valence-corrected chi connectivity index (χ1v) is 12.4. The van der Waals surface area contributed by atoms with E-state index in [-0.39, 0.29) is 30.8 Å². The van der Waals surface area contributed by atoms with Gasteiger partial charge in [0, 0.05) is 12.0 Å². The van der Waals surface area contributed by atoms with Crippen molar-refractivity contribution < 1.29 is 24.2 Å². The SMILES string of the molecule is CCCC[C@@H](CC(=O)O)NC(=O)[C@H](CC(C)C)NC(=O)OCC1c2ccccc2-c2ccccc21. The molecule has 7 nitrogen and oxygen atoms in total. The Morgan fingerprint density at radius 2 is 1.57 bits per heavy atom. The van der Waals surface area contributed by atoms with Gasteiger partial charge in [0.05, 0.1) is 6.42 Å². The molecule has 0 saturated heterocycles. The van der Waals surface area contributed by atoms with Gasteiger partial charge in [0.15, 0.2) is 0 Å². The van der Waals surface area contributed by atoms with Crippen LogP contribution in [0.3, 0.4) is 0 Å². The first-order chi connectivity index (χ1) is 16.8. The average Bonchev–Trinajstić information content (AvgIpc) is 3.14. The predicted molar refractivity (Wildman–Crippen MR) is 135 cm³/mol. The smallest absolute Gasteiger partial charge is 0.407 e. The Kier molecular flexibility index (Phi) is 9.29. The molecule has 0 fully saturated rings. The van der Waals surface area contributed by atoms with Gasteiger partial charge in [0.2, 0.25) is 5.91 Å². The van der Waals surface area contributed by atoms with Crippen LogP contribution in [0.25, 0.3) is 11.1 Å². The van der Waals surface area contributed by atoms with E-state index >= 15 is 0 Å². The maximum Gasteiger partial charge on any atom is 0.407 e. The number of carboxylic acid groups (broad SMARTS) is 1. The highest BCUT2D eigenvalue weighted by Crippen LogP contribution is 2.44. The zero-order chi connectivity index (χ0) is 25.4. The lowest BCUT2D eigenvalue weighted by atomic mass is 9.98. The third-order valence-electron chi connectivity index (χ3n) is 6.33. The van der Waals surface area contributed by atoms with Crippen molar-refractivity contribution in [3.05, 3.63) is 59.7 Å². The summed E-state index contributed by atoms with van der Waals surface area (Å²) in [6.45, 7) is 6.10. The molecule has 0 unspecified atom stereocenters. The van der Waals surface area contributed by atoms with Crippen molar-refractivity contribution in [2.45, 2.75) is 70.9 Å². The Hall–Kier alpha value is -3.35. The molecule has 3 rings (SSSR count). The molecule has 2 aromatic carbocycles. The van der Waals surface area contributed by atoms with Crippen molar-refractivity contribution in [2.24, 2.45) is 5.92 Å². The van der Waals surface area contributed by atoms with Gasteiger partial charge in [-0.15, -0.1) is 0 Å². The van der Waals surface area contributed by atoms with E-state index in [4.69, 9.17) is 4.74 Å². The van der Waals surface area contributed by atoms with Crippen LogP contribution >= 0.6 is 0 Å². The maximum atomic E-state index is 13.0. The summed E-state index contributed by atoms with van der Waals surface area (Å²) in [7, 11) is 0. The molecule has 188 valence electrons. The second kappa shape index (κ2) is 12.4. The molecule has 2 atom stereocenters. The van der Waals surface area contributed by atoms with E-state index in [9.17, 15) is 19.5 Å². The van der Waals surface area contributed by atoms with Crippen LogP contribution in [0.1, 0.15) is 69.9 Å². The van der Waals surface area contributed by atoms with Crippen molar-refractivity contribution >= 4 is 18.0 Å². The van der Waals surface area contributed by atoms with Crippen LogP contribution in [0.2, 0.25) is 0 Å². The van der Waals surface area contributed by atoms with Crippen molar-refractivity contribution in [2.75, 3.05) is 6.61 Å². The molecular formula is C28H36N2O5. The Morgan fingerprint density at radius 3 is 2.11 bits per heavy atom. The number of hydrogen-bond donors (Lipinski definition) is 3. The zero-order valence-electron chi connectivity index (χ0n) is 20.8. The molecule has 3 N–H and O–H groups in total. The topological polar surface area (TPSA) is 105 Å². The van der Waals surface area contributed by atoms with Crippen LogP contribution in [0.15, 0.2) is 48.5 Å². The van der Waals surface area contributed by atoms with Gasteiger partial charge in [-0.2, -0.15) is 0 Å². The fourth-order valence-electron chi connectivity index (χ4n) is 4.67.